The number of benzene rings is 2. The number of amides is 1. The Balaban J connectivity index is 2.08. The Morgan fingerprint density at radius 2 is 1.75 bits per heavy atom. The topological polar surface area (TPSA) is 66.9 Å². The number of nitrogens with one attached hydrogen (secondary N) is 2. The number of carbonyl (C=O) groups excluding carboxylic acids is 1. The van der Waals surface area contributed by atoms with E-state index in [1.807, 2.05) is 36.4 Å². The van der Waals surface area contributed by atoms with Gasteiger partial charge in [0.15, 0.2) is 0 Å². The van der Waals surface area contributed by atoms with Crippen LogP contribution in [-0.4, -0.2) is 15.5 Å². The van der Waals surface area contributed by atoms with Crippen LogP contribution < -0.4 is 11.0 Å². The summed E-state index contributed by atoms with van der Waals surface area (Å²) in [5, 5.41) is 2.87. The number of carbonyl (C=O) groups is 1. The Morgan fingerprint density at radius 1 is 0.950 bits per heavy atom. The molecule has 0 bridgehead atoms. The van der Waals surface area contributed by atoms with Crippen LogP contribution in [-0.2, 0) is 4.79 Å². The van der Waals surface area contributed by atoms with Gasteiger partial charge >= 0.3 is 5.69 Å². The van der Waals surface area contributed by atoms with Gasteiger partial charge in [0.1, 0.15) is 6.04 Å². The number of aromatic nitrogens is 2. The number of anilines is 1. The van der Waals surface area contributed by atoms with E-state index in [1.165, 1.54) is 4.57 Å². The van der Waals surface area contributed by atoms with E-state index in [9.17, 15) is 9.59 Å². The van der Waals surface area contributed by atoms with Gasteiger partial charge in [-0.3, -0.25) is 9.36 Å². The molecule has 0 spiro atoms. The molecule has 2 aromatic carbocycles. The smallest absolute Gasteiger partial charge is 0.322 e. The lowest BCUT2D eigenvalue weighted by molar-refractivity contribution is -0.118. The van der Waals surface area contributed by atoms with Gasteiger partial charge in [0.05, 0.1) is 16.7 Å². The second-order valence-corrected chi connectivity index (χ2v) is 4.80. The van der Waals surface area contributed by atoms with Crippen LogP contribution in [0.25, 0.3) is 11.0 Å². The van der Waals surface area contributed by atoms with Gasteiger partial charge in [-0.1, -0.05) is 36.4 Å². The molecule has 0 aliphatic carbocycles. The maximum absolute atomic E-state index is 12.4. The number of rotatable bonds is 1. The molecule has 1 unspecified atom stereocenters. The van der Waals surface area contributed by atoms with Crippen molar-refractivity contribution >= 4 is 22.6 Å². The highest BCUT2D eigenvalue weighted by Crippen LogP contribution is 2.31. The molecule has 5 heteroatoms. The summed E-state index contributed by atoms with van der Waals surface area (Å²) in [5.74, 6) is -0.196. The maximum Gasteiger partial charge on any atom is 0.327 e. The van der Waals surface area contributed by atoms with Crippen molar-refractivity contribution in [2.45, 2.75) is 6.04 Å². The number of aromatic amines is 1. The molecule has 20 heavy (non-hydrogen) atoms. The van der Waals surface area contributed by atoms with Gasteiger partial charge in [-0.25, -0.2) is 4.79 Å². The van der Waals surface area contributed by atoms with Crippen LogP contribution in [0.5, 0.6) is 0 Å². The highest BCUT2D eigenvalue weighted by Gasteiger charge is 2.31. The third-order valence-electron chi connectivity index (χ3n) is 3.62. The average Bonchev–Trinajstić information content (AvgIpc) is 2.79. The molecule has 3 aromatic rings. The molecule has 0 radical (unpaired) electrons. The number of hydrogen-bond acceptors (Lipinski definition) is 2. The molecule has 98 valence electrons. The minimum Gasteiger partial charge on any atom is -0.322 e. The summed E-state index contributed by atoms with van der Waals surface area (Å²) in [6.07, 6.45) is 0. The van der Waals surface area contributed by atoms with E-state index >= 15 is 0 Å². The van der Waals surface area contributed by atoms with Crippen LogP contribution in [0.3, 0.4) is 0 Å². The van der Waals surface area contributed by atoms with Gasteiger partial charge < -0.3 is 10.3 Å². The molecule has 5 nitrogen and oxygen atoms in total. The zero-order chi connectivity index (χ0) is 13.7. The van der Waals surface area contributed by atoms with Gasteiger partial charge in [-0.05, 0) is 17.7 Å². The number of H-pyrrole nitrogens is 1. The lowest BCUT2D eigenvalue weighted by Gasteiger charge is -2.24. The second-order valence-electron chi connectivity index (χ2n) is 4.80. The molecule has 1 aromatic heterocycles. The quantitative estimate of drug-likeness (QED) is 0.705. The molecule has 4 rings (SSSR count). The monoisotopic (exact) mass is 265 g/mol. The number of para-hydroxylation sites is 1. The van der Waals surface area contributed by atoms with E-state index in [0.29, 0.717) is 5.69 Å². The van der Waals surface area contributed by atoms with Crippen LogP contribution in [0.4, 0.5) is 5.69 Å². The van der Waals surface area contributed by atoms with Crippen LogP contribution in [0.1, 0.15) is 11.6 Å². The minimum absolute atomic E-state index is 0.196. The van der Waals surface area contributed by atoms with Crippen molar-refractivity contribution in [1.82, 2.24) is 9.55 Å². The Morgan fingerprint density at radius 3 is 2.55 bits per heavy atom. The summed E-state index contributed by atoms with van der Waals surface area (Å²) in [5.41, 5.74) is 2.66. The maximum atomic E-state index is 12.4. The number of nitrogens with zero attached hydrogens (tertiary/aromatic N) is 1. The van der Waals surface area contributed by atoms with E-state index < -0.39 is 6.04 Å². The van der Waals surface area contributed by atoms with Crippen LogP contribution in [0.2, 0.25) is 0 Å². The summed E-state index contributed by atoms with van der Waals surface area (Å²) in [7, 11) is 0. The van der Waals surface area contributed by atoms with Crippen LogP contribution in [0, 0.1) is 0 Å². The predicted octanol–water partition coefficient (Wildman–Crippen LogP) is 1.87. The van der Waals surface area contributed by atoms with E-state index in [2.05, 4.69) is 10.3 Å². The first-order valence-corrected chi connectivity index (χ1v) is 6.35. The van der Waals surface area contributed by atoms with E-state index in [4.69, 9.17) is 0 Å². The normalized spacial score (nSPS) is 17.2. The summed E-state index contributed by atoms with van der Waals surface area (Å²) in [4.78, 5) is 27.4. The third-order valence-corrected chi connectivity index (χ3v) is 3.62. The van der Waals surface area contributed by atoms with E-state index in [1.54, 1.807) is 12.1 Å². The zero-order valence-corrected chi connectivity index (χ0v) is 10.5. The number of hydrogen-bond donors (Lipinski definition) is 2. The largest absolute Gasteiger partial charge is 0.327 e. The molecule has 1 amide bonds. The average molecular weight is 265 g/mol. The van der Waals surface area contributed by atoms with Crippen molar-refractivity contribution in [2.24, 2.45) is 0 Å². The predicted molar refractivity (Wildman–Crippen MR) is 75.8 cm³/mol. The Hall–Kier alpha value is -2.82. The van der Waals surface area contributed by atoms with E-state index in [0.717, 1.165) is 16.6 Å². The zero-order valence-electron chi connectivity index (χ0n) is 10.5. The fourth-order valence-electron chi connectivity index (χ4n) is 2.78. The highest BCUT2D eigenvalue weighted by atomic mass is 16.2. The molecular formula is C15H11N3O2. The van der Waals surface area contributed by atoms with Gasteiger partial charge in [-0.15, -0.1) is 0 Å². The molecule has 0 saturated heterocycles. The summed E-state index contributed by atoms with van der Waals surface area (Å²) >= 11 is 0. The standard InChI is InChI=1S/C15H11N3O2/c19-14-12(9-5-2-1-3-6-9)18-13-10(16-14)7-4-8-11(13)17-15(18)20/h1-8,12H,(H,16,19)(H,17,20). The molecule has 2 heterocycles. The fourth-order valence-corrected chi connectivity index (χ4v) is 2.78. The Bertz CT molecular complexity index is 877. The highest BCUT2D eigenvalue weighted by molar-refractivity contribution is 6.06. The second kappa shape index (κ2) is 3.84. The fraction of sp³-hybridized carbons (Fsp3) is 0.0667. The minimum atomic E-state index is -0.632. The Labute approximate surface area is 113 Å². The van der Waals surface area contributed by atoms with E-state index in [-0.39, 0.29) is 11.6 Å². The molecule has 1 atom stereocenters. The summed E-state index contributed by atoms with van der Waals surface area (Å²) in [6.45, 7) is 0. The molecular weight excluding hydrogens is 254 g/mol. The summed E-state index contributed by atoms with van der Waals surface area (Å²) < 4.78 is 1.53. The molecule has 1 aliphatic heterocycles. The molecule has 1 aliphatic rings. The lowest BCUT2D eigenvalue weighted by atomic mass is 10.0. The Kier molecular flexibility index (Phi) is 2.12. The first-order chi connectivity index (χ1) is 9.75. The van der Waals surface area contributed by atoms with Crippen molar-refractivity contribution in [3.8, 4) is 0 Å². The molecule has 0 fully saturated rings. The van der Waals surface area contributed by atoms with Crippen molar-refractivity contribution in [3.05, 3.63) is 64.6 Å². The van der Waals surface area contributed by atoms with Crippen molar-refractivity contribution in [1.29, 1.82) is 0 Å². The van der Waals surface area contributed by atoms with Gasteiger partial charge in [-0.2, -0.15) is 0 Å². The van der Waals surface area contributed by atoms with Gasteiger partial charge in [0.2, 0.25) is 0 Å². The first kappa shape index (κ1) is 11.0. The van der Waals surface area contributed by atoms with Gasteiger partial charge in [0, 0.05) is 0 Å². The van der Waals surface area contributed by atoms with Crippen molar-refractivity contribution in [3.63, 3.8) is 0 Å². The first-order valence-electron chi connectivity index (χ1n) is 6.35. The van der Waals surface area contributed by atoms with Crippen molar-refractivity contribution < 1.29 is 4.79 Å². The molecule has 2 N–H and O–H groups in total. The van der Waals surface area contributed by atoms with Crippen LogP contribution >= 0.6 is 0 Å². The van der Waals surface area contributed by atoms with Crippen molar-refractivity contribution in [2.75, 3.05) is 5.32 Å². The summed E-state index contributed by atoms with van der Waals surface area (Å²) in [6, 6.07) is 14.1. The van der Waals surface area contributed by atoms with Crippen LogP contribution in [0.15, 0.2) is 53.3 Å². The SMILES string of the molecule is O=C1Nc2cccc3[nH]c(=O)n(c23)C1c1ccccc1. The lowest BCUT2D eigenvalue weighted by Crippen LogP contribution is -2.36. The molecule has 0 saturated carbocycles. The number of imidazole rings is 1. The third kappa shape index (κ3) is 1.37. The van der Waals surface area contributed by atoms with Gasteiger partial charge in [0.25, 0.3) is 5.91 Å².